The van der Waals surface area contributed by atoms with Gasteiger partial charge in [-0.2, -0.15) is 10.1 Å². The van der Waals surface area contributed by atoms with Crippen molar-refractivity contribution in [2.45, 2.75) is 0 Å². The van der Waals surface area contributed by atoms with Gasteiger partial charge in [-0.05, 0) is 24.3 Å². The van der Waals surface area contributed by atoms with E-state index in [4.69, 9.17) is 9.47 Å². The first-order chi connectivity index (χ1) is 15.2. The maximum Gasteiger partial charge on any atom is 0.215 e. The fourth-order valence-corrected chi connectivity index (χ4v) is 3.45. The average molecular weight is 415 g/mol. The molecule has 4 aromatic heterocycles. The third-order valence-corrected chi connectivity index (χ3v) is 4.97. The van der Waals surface area contributed by atoms with Crippen LogP contribution >= 0.6 is 0 Å². The molecule has 4 aromatic rings. The van der Waals surface area contributed by atoms with E-state index in [0.29, 0.717) is 30.7 Å². The van der Waals surface area contributed by atoms with E-state index >= 15 is 0 Å². The molecule has 9 nitrogen and oxygen atoms in total. The summed E-state index contributed by atoms with van der Waals surface area (Å²) in [6.45, 7) is 0.782. The SMILES string of the molecule is CNc1ncc2c3cc(ncc13)Nc1cccc(n1)OCCO/C=C\c1cc-2nn1C. The minimum absolute atomic E-state index is 0.381. The lowest BCUT2D eigenvalue weighted by molar-refractivity contribution is 0.177. The Morgan fingerprint density at radius 2 is 2.00 bits per heavy atom. The molecule has 0 aliphatic carbocycles. The maximum absolute atomic E-state index is 5.69. The Bertz CT molecular complexity index is 1280. The highest BCUT2D eigenvalue weighted by molar-refractivity contribution is 6.02. The molecule has 5 rings (SSSR count). The Kier molecular flexibility index (Phi) is 4.83. The molecule has 0 aromatic carbocycles. The molecule has 0 saturated carbocycles. The van der Waals surface area contributed by atoms with Crippen molar-refractivity contribution in [1.29, 1.82) is 0 Å². The van der Waals surface area contributed by atoms with E-state index < -0.39 is 0 Å². The first kappa shape index (κ1) is 18.9. The van der Waals surface area contributed by atoms with Gasteiger partial charge in [0.25, 0.3) is 0 Å². The number of hydrogen-bond donors (Lipinski definition) is 2. The van der Waals surface area contributed by atoms with Gasteiger partial charge in [0.15, 0.2) is 0 Å². The first-order valence-corrected chi connectivity index (χ1v) is 9.87. The summed E-state index contributed by atoms with van der Waals surface area (Å²) in [5, 5.41) is 12.9. The number of aryl methyl sites for hydroxylation is 1. The van der Waals surface area contributed by atoms with E-state index in [1.54, 1.807) is 12.5 Å². The van der Waals surface area contributed by atoms with Gasteiger partial charge in [-0.15, -0.1) is 0 Å². The van der Waals surface area contributed by atoms with Crippen molar-refractivity contribution in [2.24, 2.45) is 7.05 Å². The minimum atomic E-state index is 0.381. The fraction of sp³-hybridized carbons (Fsp3) is 0.182. The smallest absolute Gasteiger partial charge is 0.215 e. The summed E-state index contributed by atoms with van der Waals surface area (Å²) < 4.78 is 13.1. The molecule has 5 heterocycles. The van der Waals surface area contributed by atoms with Crippen LogP contribution in [0, 0.1) is 0 Å². The normalized spacial score (nSPS) is 14.3. The third-order valence-electron chi connectivity index (χ3n) is 4.97. The summed E-state index contributed by atoms with van der Waals surface area (Å²) in [6.07, 6.45) is 7.15. The van der Waals surface area contributed by atoms with Crippen LogP contribution in [0.2, 0.25) is 0 Å². The van der Waals surface area contributed by atoms with Crippen LogP contribution in [0.3, 0.4) is 0 Å². The Labute approximate surface area is 178 Å². The van der Waals surface area contributed by atoms with Crippen molar-refractivity contribution in [3.05, 3.63) is 54.7 Å². The lowest BCUT2D eigenvalue weighted by atomic mass is 10.1. The number of rotatable bonds is 1. The highest BCUT2D eigenvalue weighted by Gasteiger charge is 2.14. The summed E-state index contributed by atoms with van der Waals surface area (Å²) in [5.41, 5.74) is 2.63. The number of nitrogens with one attached hydrogen (secondary N) is 2. The van der Waals surface area contributed by atoms with E-state index in [9.17, 15) is 0 Å². The zero-order valence-corrected chi connectivity index (χ0v) is 17.2. The van der Waals surface area contributed by atoms with E-state index in [0.717, 1.165) is 33.5 Å². The van der Waals surface area contributed by atoms with Crippen LogP contribution in [0.4, 0.5) is 17.5 Å². The van der Waals surface area contributed by atoms with Crippen molar-refractivity contribution in [1.82, 2.24) is 24.7 Å². The first-order valence-electron chi connectivity index (χ1n) is 9.87. The van der Waals surface area contributed by atoms with Gasteiger partial charge < -0.3 is 20.1 Å². The maximum atomic E-state index is 5.69. The second-order valence-corrected chi connectivity index (χ2v) is 6.97. The fourth-order valence-electron chi connectivity index (χ4n) is 3.45. The largest absolute Gasteiger partial charge is 0.498 e. The molecule has 9 heteroatoms. The van der Waals surface area contributed by atoms with Crippen LogP contribution < -0.4 is 15.4 Å². The van der Waals surface area contributed by atoms with Crippen molar-refractivity contribution in [2.75, 3.05) is 30.9 Å². The molecule has 156 valence electrons. The number of hydrogen-bond acceptors (Lipinski definition) is 8. The van der Waals surface area contributed by atoms with E-state index in [1.807, 2.05) is 61.4 Å². The van der Waals surface area contributed by atoms with E-state index in [-0.39, 0.29) is 0 Å². The van der Waals surface area contributed by atoms with Gasteiger partial charge in [-0.1, -0.05) is 6.07 Å². The zero-order chi connectivity index (χ0) is 21.2. The van der Waals surface area contributed by atoms with Crippen molar-refractivity contribution in [3.8, 4) is 17.1 Å². The van der Waals surface area contributed by atoms with Crippen molar-refractivity contribution in [3.63, 3.8) is 0 Å². The highest BCUT2D eigenvalue weighted by atomic mass is 16.5. The van der Waals surface area contributed by atoms with Crippen LogP contribution in [0.25, 0.3) is 28.1 Å². The summed E-state index contributed by atoms with van der Waals surface area (Å²) in [5.74, 6) is 2.57. The second kappa shape index (κ2) is 7.94. The van der Waals surface area contributed by atoms with Gasteiger partial charge in [-0.25, -0.2) is 9.97 Å². The predicted molar refractivity (Wildman–Crippen MR) is 119 cm³/mol. The van der Waals surface area contributed by atoms with Crippen molar-refractivity contribution < 1.29 is 9.47 Å². The molecule has 0 unspecified atom stereocenters. The molecule has 31 heavy (non-hydrogen) atoms. The Morgan fingerprint density at radius 3 is 2.90 bits per heavy atom. The summed E-state index contributed by atoms with van der Waals surface area (Å²) in [4.78, 5) is 13.6. The molecule has 0 radical (unpaired) electrons. The molecule has 0 spiro atoms. The number of fused-ring (bicyclic) bond motifs is 6. The van der Waals surface area contributed by atoms with Crippen LogP contribution in [0.5, 0.6) is 5.88 Å². The van der Waals surface area contributed by atoms with Gasteiger partial charge >= 0.3 is 0 Å². The van der Waals surface area contributed by atoms with Crippen LogP contribution in [0.15, 0.2) is 49.0 Å². The Hall–Kier alpha value is -4.14. The van der Waals surface area contributed by atoms with Gasteiger partial charge in [-0.3, -0.25) is 4.68 Å². The minimum Gasteiger partial charge on any atom is -0.498 e. The van der Waals surface area contributed by atoms with Crippen LogP contribution in [-0.4, -0.2) is 45.0 Å². The second-order valence-electron chi connectivity index (χ2n) is 6.97. The number of aromatic nitrogens is 5. The van der Waals surface area contributed by atoms with Crippen LogP contribution in [0.1, 0.15) is 5.69 Å². The molecule has 1 aliphatic heterocycles. The molecule has 1 aliphatic rings. The van der Waals surface area contributed by atoms with Gasteiger partial charge in [0.05, 0.1) is 17.6 Å². The number of nitrogens with zero attached hydrogens (tertiary/aromatic N) is 5. The Morgan fingerprint density at radius 1 is 1.06 bits per heavy atom. The average Bonchev–Trinajstić information content (AvgIpc) is 3.15. The summed E-state index contributed by atoms with van der Waals surface area (Å²) in [6, 6.07) is 9.53. The molecular formula is C22H21N7O2. The van der Waals surface area contributed by atoms with Crippen molar-refractivity contribution >= 4 is 34.3 Å². The van der Waals surface area contributed by atoms with Gasteiger partial charge in [0, 0.05) is 48.9 Å². The topological polar surface area (TPSA) is 99.0 Å². The van der Waals surface area contributed by atoms with E-state index in [1.165, 1.54) is 0 Å². The lowest BCUT2D eigenvalue weighted by Gasteiger charge is -2.12. The number of pyridine rings is 3. The molecule has 0 fully saturated rings. The molecule has 0 atom stereocenters. The Balaban J connectivity index is 1.69. The van der Waals surface area contributed by atoms with Gasteiger partial charge in [0.2, 0.25) is 5.88 Å². The quantitative estimate of drug-likeness (QED) is 0.487. The molecule has 6 bridgehead atoms. The third kappa shape index (κ3) is 3.73. The standard InChI is InChI=1S/C22H21N7O2/c1-23-22-17-13-24-20-11-15(17)16(12-25-22)18-10-14(29(2)28-18)6-7-30-8-9-31-21-5-3-4-19(26-20)27-21/h3-7,10-13H,8-9H2,1-2H3,(H,23,25)(H,24,26,27)/b7-6-. The monoisotopic (exact) mass is 415 g/mol. The molecule has 0 amide bonds. The number of anilines is 3. The zero-order valence-electron chi connectivity index (χ0n) is 17.2. The molecular weight excluding hydrogens is 394 g/mol. The summed E-state index contributed by atoms with van der Waals surface area (Å²) >= 11 is 0. The van der Waals surface area contributed by atoms with Crippen LogP contribution in [-0.2, 0) is 11.8 Å². The molecule has 0 saturated heterocycles. The lowest BCUT2D eigenvalue weighted by Crippen LogP contribution is -2.06. The van der Waals surface area contributed by atoms with E-state index in [2.05, 4.69) is 30.7 Å². The molecule has 2 N–H and O–H groups in total. The summed E-state index contributed by atoms with van der Waals surface area (Å²) in [7, 11) is 3.74. The highest BCUT2D eigenvalue weighted by Crippen LogP contribution is 2.33. The number of ether oxygens (including phenoxy) is 2. The predicted octanol–water partition coefficient (Wildman–Crippen LogP) is 3.59. The van der Waals surface area contributed by atoms with Gasteiger partial charge in [0.1, 0.15) is 30.7 Å².